The second-order valence-electron chi connectivity index (χ2n) is 42.7. The summed E-state index contributed by atoms with van der Waals surface area (Å²) in [5, 5.41) is 8.85. The van der Waals surface area contributed by atoms with Crippen molar-refractivity contribution in [2.75, 3.05) is 23.9 Å². The van der Waals surface area contributed by atoms with Gasteiger partial charge in [-0.25, -0.2) is 4.98 Å². The molecule has 13 heterocycles. The van der Waals surface area contributed by atoms with Crippen molar-refractivity contribution >= 4 is 189 Å². The molecule has 0 unspecified atom stereocenters. The summed E-state index contributed by atoms with van der Waals surface area (Å²) < 4.78 is 6.25. The third kappa shape index (κ3) is 20.3. The van der Waals surface area contributed by atoms with E-state index in [0.717, 1.165) is 12.2 Å². The van der Waals surface area contributed by atoms with Gasteiger partial charge in [0.15, 0.2) is 8.07 Å². The third-order valence-electron chi connectivity index (χ3n) is 30.7. The Morgan fingerprint density at radius 1 is 0.247 bits per heavy atom. The molecule has 0 atom stereocenters. The second kappa shape index (κ2) is 44.1. The first-order valence-corrected chi connectivity index (χ1v) is 65.1. The van der Waals surface area contributed by atoms with Crippen LogP contribution in [0.15, 0.2) is 381 Å². The molecule has 0 saturated heterocycles. The molecular weight excluding hydrogens is 2100 g/mol. The SMILES string of the molecule is Cc1cccc2c1Sc1c(C)cccc1[Si]2(c1ccccc1)c1ccccc1.Cc1cccc2c1Sc1c(C)ccnc1C2.Cc1cccc2c1Sc1c(C)ccnc1C2(C)C.Cc1cccc2c1Sc1c(C)ccnc1C2(C)C.Cc1cccc2c1Sc1c(C)ccnc1N2C.Cc1cccc2c1Sc1c(C)ccnc1[Si]2(C)C.Cc1cccc2c1[Se]c1c(C)cccc1C2(C)C.Cc1cccc2c1[Se]c1c(C)cccc1N2C. The summed E-state index contributed by atoms with van der Waals surface area (Å²) in [6.07, 6.45) is 10.6. The van der Waals surface area contributed by atoms with Crippen LogP contribution in [0.4, 0.5) is 22.9 Å². The van der Waals surface area contributed by atoms with Gasteiger partial charge in [0.25, 0.3) is 0 Å². The van der Waals surface area contributed by atoms with E-state index in [-0.39, 0.29) is 16.2 Å². The predicted molar refractivity (Wildman–Crippen MR) is 652 cm³/mol. The van der Waals surface area contributed by atoms with Crippen molar-refractivity contribution in [3.63, 3.8) is 0 Å². The number of fused-ring (bicyclic) bond motifs is 16. The van der Waals surface area contributed by atoms with E-state index in [9.17, 15) is 0 Å². The maximum atomic E-state index is 4.70. The zero-order valence-corrected chi connectivity index (χ0v) is 102. The van der Waals surface area contributed by atoms with Crippen molar-refractivity contribution in [1.82, 2.24) is 24.9 Å². The van der Waals surface area contributed by atoms with E-state index in [2.05, 4.69) is 500 Å². The van der Waals surface area contributed by atoms with Crippen molar-refractivity contribution in [3.05, 3.63) is 456 Å². The first-order valence-electron chi connectivity index (χ1n) is 51.8. The second-order valence-corrected chi connectivity index (χ2v) is 61.1. The van der Waals surface area contributed by atoms with Crippen LogP contribution in [-0.4, -0.2) is 85.1 Å². The van der Waals surface area contributed by atoms with E-state index in [1.165, 1.54) is 250 Å². The molecular formula is C133H133N7S6Se2Si2. The molecule has 150 heavy (non-hydrogen) atoms. The van der Waals surface area contributed by atoms with Crippen molar-refractivity contribution in [2.45, 2.75) is 247 Å². The van der Waals surface area contributed by atoms with Gasteiger partial charge in [0.1, 0.15) is 13.9 Å². The van der Waals surface area contributed by atoms with Crippen molar-refractivity contribution in [3.8, 4) is 0 Å². The molecule has 7 nitrogen and oxygen atoms in total. The molecule has 26 rings (SSSR count). The maximum absolute atomic E-state index is 4.70. The number of pyridine rings is 5. The molecule has 13 aromatic carbocycles. The summed E-state index contributed by atoms with van der Waals surface area (Å²) in [5.74, 6) is 1.06. The van der Waals surface area contributed by atoms with E-state index in [4.69, 9.17) is 4.98 Å². The zero-order chi connectivity index (χ0) is 106. The fourth-order valence-corrected chi connectivity index (χ4v) is 46.0. The number of nitrogens with zero attached hydrogens (tertiary/aromatic N) is 7. The molecule has 18 aromatic rings. The zero-order valence-electron chi connectivity index (χ0n) is 91.2. The molecule has 756 valence electrons. The van der Waals surface area contributed by atoms with Crippen LogP contribution < -0.4 is 58.9 Å². The average molecular weight is 2240 g/mol. The Hall–Kier alpha value is -11.2. The number of hydrogen-bond acceptors (Lipinski definition) is 13. The Balaban J connectivity index is 0.000000108. The summed E-state index contributed by atoms with van der Waals surface area (Å²) in [7, 11) is 0.273. The Morgan fingerprint density at radius 2 is 0.567 bits per heavy atom. The molecule has 8 aliphatic heterocycles. The normalized spacial score (nSPS) is 14.7. The summed E-state index contributed by atoms with van der Waals surface area (Å²) in [5.41, 5.74) is 37.0. The Morgan fingerprint density at radius 3 is 1.05 bits per heavy atom. The Labute approximate surface area is 931 Å². The van der Waals surface area contributed by atoms with Gasteiger partial charge in [-0.1, -0.05) is 293 Å². The molecule has 0 aliphatic carbocycles. The summed E-state index contributed by atoms with van der Waals surface area (Å²) in [6, 6.07) is 106. The van der Waals surface area contributed by atoms with Gasteiger partial charge in [-0.15, -0.1) is 0 Å². The first kappa shape index (κ1) is 107. The number of aromatic nitrogens is 5. The van der Waals surface area contributed by atoms with E-state index in [1.54, 1.807) is 8.92 Å². The van der Waals surface area contributed by atoms with Crippen LogP contribution >= 0.6 is 70.6 Å². The van der Waals surface area contributed by atoms with E-state index < -0.39 is 16.1 Å². The van der Waals surface area contributed by atoms with Gasteiger partial charge in [-0.3, -0.25) is 19.9 Å². The Bertz CT molecular complexity index is 7250. The van der Waals surface area contributed by atoms with Crippen molar-refractivity contribution < 1.29 is 0 Å². The quantitative estimate of drug-likeness (QED) is 0.154. The number of aryl methyl sites for hydroxylation is 16. The average Bonchev–Trinajstić information content (AvgIpc) is 0.696. The van der Waals surface area contributed by atoms with Gasteiger partial charge < -0.3 is 4.90 Å². The molecule has 0 radical (unpaired) electrons. The molecule has 0 N–H and O–H groups in total. The molecule has 0 amide bonds. The monoisotopic (exact) mass is 2240 g/mol. The topological polar surface area (TPSA) is 70.9 Å². The van der Waals surface area contributed by atoms with Crippen LogP contribution in [0.1, 0.15) is 175 Å². The number of anilines is 4. The summed E-state index contributed by atoms with van der Waals surface area (Å²) in [4.78, 5) is 44.1. The van der Waals surface area contributed by atoms with E-state index in [1.807, 2.05) is 102 Å². The van der Waals surface area contributed by atoms with Crippen LogP contribution in [0.2, 0.25) is 13.1 Å². The number of benzene rings is 13. The van der Waals surface area contributed by atoms with Crippen LogP contribution in [0, 0.1) is 111 Å². The van der Waals surface area contributed by atoms with E-state index in [0.29, 0.717) is 29.9 Å². The van der Waals surface area contributed by atoms with Crippen LogP contribution in [0.25, 0.3) is 0 Å². The van der Waals surface area contributed by atoms with Crippen molar-refractivity contribution in [1.29, 1.82) is 0 Å². The number of hydrogen-bond donors (Lipinski definition) is 0. The molecule has 8 aliphatic rings. The van der Waals surface area contributed by atoms with Gasteiger partial charge in [-0.05, 0) is 229 Å². The molecule has 0 saturated carbocycles. The molecule has 0 fully saturated rings. The standard InChI is InChI=1S/C26H22SSi.C17H18Se.2C16H17NS.C15H17NSSi.C15H15NSe.C14H14N2S.C14H13NS/c1-19-11-9-17-23-25(19)27-26-20(2)12-10-18-24(26)28(23,21-13-5-3-6-14-21)22-15-7-4-8-16-22;1-11-7-5-9-13-15(11)18-16-12(2)8-6-10-14(16)17(13,3)4;2*1-10-6-5-7-12-13(10)18-14-11(2)8-9-17-15(14)16(12,3)4;1-10-6-5-7-12-13(10)17-14-11(2)8-9-16-15(14)18(12,3)4;1-10-6-4-8-12-14(10)17-15-11(2)7-5-9-13(15)16(12)3;1-9-5-4-6-11-12(9)17-13-10(2)7-8-15-14(13)16(11)3;1-9-4-3-5-11-8-12-14(16-13(9)11)10(2)6-7-15-12/h3-18H,1-2H3;5-10H,1-4H3;3*5-9H,1-4H3;4-9H,1-3H3;4-8H,1-3H3;3-7H,8H2,1-2H3. The van der Waals surface area contributed by atoms with Crippen LogP contribution in [-0.2, 0) is 22.7 Å². The van der Waals surface area contributed by atoms with Gasteiger partial charge in [0.05, 0.1) is 27.7 Å². The minimum absolute atomic E-state index is 0.00600. The molecule has 5 aromatic heterocycles. The fourth-order valence-electron chi connectivity index (χ4n) is 21.9. The molecule has 0 spiro atoms. The van der Waals surface area contributed by atoms with Gasteiger partial charge in [-0.2, -0.15) is 0 Å². The molecule has 0 bridgehead atoms. The summed E-state index contributed by atoms with van der Waals surface area (Å²) >= 11 is 12.2. The van der Waals surface area contributed by atoms with Crippen molar-refractivity contribution in [2.24, 2.45) is 0 Å². The van der Waals surface area contributed by atoms with E-state index >= 15 is 0 Å². The van der Waals surface area contributed by atoms with Gasteiger partial charge in [0, 0.05) is 114 Å². The fraction of sp³-hybridized carbons (Fsp3) is 0.226. The minimum atomic E-state index is -2.36. The van der Waals surface area contributed by atoms with Crippen LogP contribution in [0.3, 0.4) is 0 Å². The molecule has 17 heteroatoms. The van der Waals surface area contributed by atoms with Gasteiger partial charge >= 0.3 is 224 Å². The Kier molecular flexibility index (Phi) is 31.5. The summed E-state index contributed by atoms with van der Waals surface area (Å²) in [6.45, 7) is 53.9. The van der Waals surface area contributed by atoms with Gasteiger partial charge in [0.2, 0.25) is 0 Å². The predicted octanol–water partition coefficient (Wildman–Crippen LogP) is 28.4. The third-order valence-corrected chi connectivity index (χ3v) is 54.7. The first-order chi connectivity index (χ1) is 71.9. The number of rotatable bonds is 2. The van der Waals surface area contributed by atoms with Crippen LogP contribution in [0.5, 0.6) is 0 Å².